The van der Waals surface area contributed by atoms with Gasteiger partial charge in [-0.15, -0.1) is 0 Å². The zero-order valence-electron chi connectivity index (χ0n) is 11.8. The van der Waals surface area contributed by atoms with Crippen LogP contribution >= 0.6 is 0 Å². The Labute approximate surface area is 119 Å². The molecule has 20 heavy (non-hydrogen) atoms. The van der Waals surface area contributed by atoms with Crippen LogP contribution in [0, 0.1) is 0 Å². The highest BCUT2D eigenvalue weighted by atomic mass is 16.5. The Morgan fingerprint density at radius 2 is 2.00 bits per heavy atom. The molecule has 0 unspecified atom stereocenters. The van der Waals surface area contributed by atoms with Gasteiger partial charge in [0.2, 0.25) is 0 Å². The van der Waals surface area contributed by atoms with Crippen molar-refractivity contribution in [1.82, 2.24) is 0 Å². The van der Waals surface area contributed by atoms with Gasteiger partial charge >= 0.3 is 0 Å². The molecule has 0 spiro atoms. The number of ether oxygens (including phenoxy) is 2. The van der Waals surface area contributed by atoms with Gasteiger partial charge in [0.1, 0.15) is 11.5 Å². The first-order valence-corrected chi connectivity index (χ1v) is 6.62. The molecular formula is C16H20N2O2. The van der Waals surface area contributed by atoms with E-state index in [0.29, 0.717) is 24.6 Å². The molecule has 4 nitrogen and oxygen atoms in total. The van der Waals surface area contributed by atoms with Gasteiger partial charge in [-0.3, -0.25) is 0 Å². The second kappa shape index (κ2) is 6.70. The minimum Gasteiger partial charge on any atom is -0.497 e. The van der Waals surface area contributed by atoms with Gasteiger partial charge in [-0.25, -0.2) is 0 Å². The highest BCUT2D eigenvalue weighted by Gasteiger charge is 2.02. The van der Waals surface area contributed by atoms with Crippen molar-refractivity contribution < 1.29 is 9.47 Å². The molecule has 3 N–H and O–H groups in total. The Morgan fingerprint density at radius 3 is 2.75 bits per heavy atom. The molecule has 0 heterocycles. The van der Waals surface area contributed by atoms with Crippen molar-refractivity contribution in [2.75, 3.05) is 24.8 Å². The monoisotopic (exact) mass is 272 g/mol. The summed E-state index contributed by atoms with van der Waals surface area (Å²) in [7, 11) is 1.67. The molecule has 2 aromatic carbocycles. The maximum Gasteiger partial charge on any atom is 0.144 e. The Kier molecular flexibility index (Phi) is 4.71. The summed E-state index contributed by atoms with van der Waals surface area (Å²) in [5.74, 6) is 1.57. The van der Waals surface area contributed by atoms with Crippen molar-refractivity contribution >= 4 is 11.4 Å². The van der Waals surface area contributed by atoms with E-state index in [4.69, 9.17) is 15.2 Å². The lowest BCUT2D eigenvalue weighted by Crippen LogP contribution is -2.02. The van der Waals surface area contributed by atoms with Crippen LogP contribution in [0.25, 0.3) is 0 Å². The molecule has 0 atom stereocenters. The maximum atomic E-state index is 5.85. The summed E-state index contributed by atoms with van der Waals surface area (Å²) in [5.41, 5.74) is 8.63. The summed E-state index contributed by atoms with van der Waals surface area (Å²) in [6.45, 7) is 3.26. The summed E-state index contributed by atoms with van der Waals surface area (Å²) in [6.07, 6.45) is 0. The van der Waals surface area contributed by atoms with E-state index >= 15 is 0 Å². The van der Waals surface area contributed by atoms with E-state index in [0.717, 1.165) is 17.0 Å². The molecule has 0 aliphatic carbocycles. The summed E-state index contributed by atoms with van der Waals surface area (Å²) in [4.78, 5) is 0. The van der Waals surface area contributed by atoms with Crippen molar-refractivity contribution in [2.45, 2.75) is 13.5 Å². The number of methoxy groups -OCH3 is 1. The van der Waals surface area contributed by atoms with Gasteiger partial charge in [-0.1, -0.05) is 12.1 Å². The topological polar surface area (TPSA) is 56.5 Å². The normalized spacial score (nSPS) is 10.1. The fourth-order valence-electron chi connectivity index (χ4n) is 1.91. The zero-order chi connectivity index (χ0) is 14.4. The molecule has 4 heteroatoms. The van der Waals surface area contributed by atoms with Crippen LogP contribution in [0.4, 0.5) is 11.4 Å². The number of benzene rings is 2. The standard InChI is InChI=1S/C16H20N2O2/c1-3-20-16-10-13(7-8-15(16)17)18-11-12-5-4-6-14(9-12)19-2/h4-10,18H,3,11,17H2,1-2H3. The molecule has 0 aliphatic rings. The maximum absolute atomic E-state index is 5.85. The Balaban J connectivity index is 2.04. The van der Waals surface area contributed by atoms with Crippen LogP contribution in [-0.4, -0.2) is 13.7 Å². The lowest BCUT2D eigenvalue weighted by Gasteiger charge is -2.11. The lowest BCUT2D eigenvalue weighted by atomic mass is 10.2. The van der Waals surface area contributed by atoms with Crippen LogP contribution in [0.1, 0.15) is 12.5 Å². The minimum absolute atomic E-state index is 0.601. The number of nitrogens with two attached hydrogens (primary N) is 1. The van der Waals surface area contributed by atoms with Gasteiger partial charge in [0.25, 0.3) is 0 Å². The molecule has 106 valence electrons. The second-order valence-electron chi connectivity index (χ2n) is 4.39. The molecule has 0 saturated carbocycles. The van der Waals surface area contributed by atoms with E-state index < -0.39 is 0 Å². The molecule has 0 fully saturated rings. The van der Waals surface area contributed by atoms with Crippen LogP contribution in [0.2, 0.25) is 0 Å². The van der Waals surface area contributed by atoms with E-state index in [-0.39, 0.29) is 0 Å². The Bertz CT molecular complexity index is 570. The predicted molar refractivity (Wildman–Crippen MR) is 82.3 cm³/mol. The molecule has 0 saturated heterocycles. The SMILES string of the molecule is CCOc1cc(NCc2cccc(OC)c2)ccc1N. The third-order valence-electron chi connectivity index (χ3n) is 2.94. The third kappa shape index (κ3) is 3.57. The number of hydrogen-bond acceptors (Lipinski definition) is 4. The fourth-order valence-corrected chi connectivity index (χ4v) is 1.91. The largest absolute Gasteiger partial charge is 0.497 e. The van der Waals surface area contributed by atoms with Crippen LogP contribution in [0.3, 0.4) is 0 Å². The first-order valence-electron chi connectivity index (χ1n) is 6.62. The molecular weight excluding hydrogens is 252 g/mol. The molecule has 2 rings (SSSR count). The van der Waals surface area contributed by atoms with Crippen molar-refractivity contribution in [3.05, 3.63) is 48.0 Å². The summed E-state index contributed by atoms with van der Waals surface area (Å²) >= 11 is 0. The molecule has 0 amide bonds. The molecule has 0 radical (unpaired) electrons. The lowest BCUT2D eigenvalue weighted by molar-refractivity contribution is 0.342. The van der Waals surface area contributed by atoms with Crippen LogP contribution in [0.5, 0.6) is 11.5 Å². The third-order valence-corrected chi connectivity index (χ3v) is 2.94. The van der Waals surface area contributed by atoms with E-state index in [1.54, 1.807) is 7.11 Å². The minimum atomic E-state index is 0.601. The molecule has 0 aliphatic heterocycles. The van der Waals surface area contributed by atoms with Crippen LogP contribution in [-0.2, 0) is 6.54 Å². The predicted octanol–water partition coefficient (Wildman–Crippen LogP) is 3.29. The van der Waals surface area contributed by atoms with Gasteiger partial charge in [0.15, 0.2) is 0 Å². The number of anilines is 2. The first-order chi connectivity index (χ1) is 9.72. The highest BCUT2D eigenvalue weighted by molar-refractivity contribution is 5.61. The van der Waals surface area contributed by atoms with Crippen molar-refractivity contribution in [1.29, 1.82) is 0 Å². The number of nitrogens with one attached hydrogen (secondary N) is 1. The van der Waals surface area contributed by atoms with Crippen molar-refractivity contribution in [3.63, 3.8) is 0 Å². The quantitative estimate of drug-likeness (QED) is 0.792. The Morgan fingerprint density at radius 1 is 1.15 bits per heavy atom. The van der Waals surface area contributed by atoms with Gasteiger partial charge in [-0.2, -0.15) is 0 Å². The van der Waals surface area contributed by atoms with Gasteiger partial charge in [-0.05, 0) is 36.8 Å². The average Bonchev–Trinajstić information content (AvgIpc) is 2.48. The molecule has 0 aromatic heterocycles. The van der Waals surface area contributed by atoms with Gasteiger partial charge in [0, 0.05) is 18.3 Å². The zero-order valence-corrected chi connectivity index (χ0v) is 11.8. The van der Waals surface area contributed by atoms with Crippen molar-refractivity contribution in [3.8, 4) is 11.5 Å². The van der Waals surface area contributed by atoms with Gasteiger partial charge < -0.3 is 20.5 Å². The number of nitrogen functional groups attached to an aromatic ring is 1. The summed E-state index contributed by atoms with van der Waals surface area (Å²) < 4.78 is 10.7. The summed E-state index contributed by atoms with van der Waals surface area (Å²) in [6, 6.07) is 13.7. The van der Waals surface area contributed by atoms with E-state index in [1.807, 2.05) is 43.3 Å². The van der Waals surface area contributed by atoms with Crippen LogP contribution < -0.4 is 20.5 Å². The Hall–Kier alpha value is -2.36. The molecule has 2 aromatic rings. The van der Waals surface area contributed by atoms with Crippen LogP contribution in [0.15, 0.2) is 42.5 Å². The number of hydrogen-bond donors (Lipinski definition) is 2. The highest BCUT2D eigenvalue weighted by Crippen LogP contribution is 2.26. The van der Waals surface area contributed by atoms with Crippen molar-refractivity contribution in [2.24, 2.45) is 0 Å². The first kappa shape index (κ1) is 14.1. The molecule has 0 bridgehead atoms. The van der Waals surface area contributed by atoms with Gasteiger partial charge in [0.05, 0.1) is 19.4 Å². The number of rotatable bonds is 6. The van der Waals surface area contributed by atoms with E-state index in [9.17, 15) is 0 Å². The fraction of sp³-hybridized carbons (Fsp3) is 0.250. The smallest absolute Gasteiger partial charge is 0.144 e. The second-order valence-corrected chi connectivity index (χ2v) is 4.39. The van der Waals surface area contributed by atoms with E-state index in [2.05, 4.69) is 11.4 Å². The van der Waals surface area contributed by atoms with E-state index in [1.165, 1.54) is 0 Å². The summed E-state index contributed by atoms with van der Waals surface area (Å²) in [5, 5.41) is 3.35. The average molecular weight is 272 g/mol.